The summed E-state index contributed by atoms with van der Waals surface area (Å²) in [4.78, 5) is 39.9. The highest BCUT2D eigenvalue weighted by Crippen LogP contribution is 2.44. The Hall–Kier alpha value is -2.32. The molecule has 0 saturated carbocycles. The number of hydrogen-bond acceptors (Lipinski definition) is 6. The van der Waals surface area contributed by atoms with E-state index in [0.29, 0.717) is 22.9 Å². The van der Waals surface area contributed by atoms with E-state index in [1.165, 1.54) is 35.1 Å². The normalized spacial score (nSPS) is 16.1. The summed E-state index contributed by atoms with van der Waals surface area (Å²) in [5.74, 6) is -0.0465. The minimum absolute atomic E-state index is 0.00417. The maximum atomic E-state index is 13.2. The van der Waals surface area contributed by atoms with Gasteiger partial charge in [0.1, 0.15) is 5.00 Å². The van der Waals surface area contributed by atoms with E-state index in [4.69, 9.17) is 4.74 Å². The van der Waals surface area contributed by atoms with Crippen LogP contribution in [0.15, 0.2) is 29.2 Å². The summed E-state index contributed by atoms with van der Waals surface area (Å²) in [5, 5.41) is 6.12. The number of thioether (sulfide) groups is 1. The lowest BCUT2D eigenvalue weighted by Crippen LogP contribution is -2.26. The van der Waals surface area contributed by atoms with Crippen molar-refractivity contribution in [2.75, 3.05) is 17.7 Å². The molecule has 1 aromatic carbocycles. The van der Waals surface area contributed by atoms with Crippen molar-refractivity contribution in [3.63, 3.8) is 0 Å². The molecule has 0 spiro atoms. The largest absolute Gasteiger partial charge is 0.465 e. The maximum absolute atomic E-state index is 13.2. The van der Waals surface area contributed by atoms with Gasteiger partial charge in [-0.1, -0.05) is 40.2 Å². The van der Waals surface area contributed by atoms with Gasteiger partial charge in [-0.05, 0) is 67.7 Å². The lowest BCUT2D eigenvalue weighted by molar-refractivity contribution is -0.116. The molecule has 0 saturated heterocycles. The SMILES string of the molecule is CCCCC(=O)Nc1cccc(SC(C)C(=O)Nc2sc3c(c2C(=O)OC)CCC(C(C)(C)C)C3)c1. The maximum Gasteiger partial charge on any atom is 0.341 e. The highest BCUT2D eigenvalue weighted by molar-refractivity contribution is 8.00. The van der Waals surface area contributed by atoms with Crippen molar-refractivity contribution in [3.05, 3.63) is 40.3 Å². The minimum Gasteiger partial charge on any atom is -0.465 e. The molecule has 1 aromatic heterocycles. The number of fused-ring (bicyclic) bond motifs is 1. The van der Waals surface area contributed by atoms with E-state index in [0.717, 1.165) is 48.3 Å². The zero-order valence-electron chi connectivity index (χ0n) is 22.2. The second-order valence-electron chi connectivity index (χ2n) is 10.4. The van der Waals surface area contributed by atoms with Crippen molar-refractivity contribution in [1.82, 2.24) is 0 Å². The number of thiophene rings is 1. The lowest BCUT2D eigenvalue weighted by atomic mass is 9.72. The first-order valence-electron chi connectivity index (χ1n) is 12.6. The summed E-state index contributed by atoms with van der Waals surface area (Å²) >= 11 is 2.92. The van der Waals surface area contributed by atoms with E-state index in [9.17, 15) is 14.4 Å². The van der Waals surface area contributed by atoms with Gasteiger partial charge in [0, 0.05) is 21.9 Å². The van der Waals surface area contributed by atoms with E-state index in [1.807, 2.05) is 31.2 Å². The highest BCUT2D eigenvalue weighted by Gasteiger charge is 2.34. The topological polar surface area (TPSA) is 84.5 Å². The van der Waals surface area contributed by atoms with Crippen molar-refractivity contribution in [2.45, 2.75) is 83.3 Å². The number of benzene rings is 1. The molecule has 2 unspecified atom stereocenters. The van der Waals surface area contributed by atoms with Gasteiger partial charge in [0.25, 0.3) is 0 Å². The number of anilines is 2. The smallest absolute Gasteiger partial charge is 0.341 e. The fraction of sp³-hybridized carbons (Fsp3) is 0.536. The molecule has 0 radical (unpaired) electrons. The first-order chi connectivity index (χ1) is 17.0. The van der Waals surface area contributed by atoms with E-state index in [2.05, 4.69) is 38.3 Å². The molecule has 36 heavy (non-hydrogen) atoms. The number of amides is 2. The average molecular weight is 531 g/mol. The minimum atomic E-state index is -0.400. The molecule has 6 nitrogen and oxygen atoms in total. The molecule has 196 valence electrons. The Morgan fingerprint density at radius 1 is 1.22 bits per heavy atom. The molecule has 1 heterocycles. The fourth-order valence-electron chi connectivity index (χ4n) is 4.41. The van der Waals surface area contributed by atoms with E-state index in [1.54, 1.807) is 0 Å². The Bertz CT molecular complexity index is 1100. The van der Waals surface area contributed by atoms with Gasteiger partial charge in [-0.15, -0.1) is 23.1 Å². The van der Waals surface area contributed by atoms with E-state index in [-0.39, 0.29) is 17.2 Å². The summed E-state index contributed by atoms with van der Waals surface area (Å²) in [6, 6.07) is 7.53. The molecule has 2 aromatic rings. The lowest BCUT2D eigenvalue weighted by Gasteiger charge is -2.33. The summed E-state index contributed by atoms with van der Waals surface area (Å²) < 4.78 is 5.08. The van der Waals surface area contributed by atoms with Crippen molar-refractivity contribution in [1.29, 1.82) is 0 Å². The van der Waals surface area contributed by atoms with Crippen LogP contribution in [0.5, 0.6) is 0 Å². The number of methoxy groups -OCH3 is 1. The Labute approximate surface area is 223 Å². The van der Waals surface area contributed by atoms with Gasteiger partial charge in [-0.3, -0.25) is 9.59 Å². The number of carbonyl (C=O) groups is 3. The number of nitrogens with one attached hydrogen (secondary N) is 2. The van der Waals surface area contributed by atoms with Crippen LogP contribution in [0, 0.1) is 11.3 Å². The van der Waals surface area contributed by atoms with E-state index < -0.39 is 11.2 Å². The molecule has 0 aliphatic heterocycles. The van der Waals surface area contributed by atoms with Gasteiger partial charge in [-0.25, -0.2) is 4.79 Å². The molecule has 1 aliphatic carbocycles. The van der Waals surface area contributed by atoms with Gasteiger partial charge >= 0.3 is 5.97 Å². The van der Waals surface area contributed by atoms with Gasteiger partial charge in [0.15, 0.2) is 0 Å². The zero-order valence-corrected chi connectivity index (χ0v) is 23.8. The second kappa shape index (κ2) is 12.3. The van der Waals surface area contributed by atoms with Gasteiger partial charge in [-0.2, -0.15) is 0 Å². The fourth-order valence-corrected chi connectivity index (χ4v) is 6.66. The number of hydrogen-bond donors (Lipinski definition) is 2. The third-order valence-electron chi connectivity index (χ3n) is 6.67. The van der Waals surface area contributed by atoms with Crippen molar-refractivity contribution in [3.8, 4) is 0 Å². The van der Waals surface area contributed by atoms with Gasteiger partial charge in [0.2, 0.25) is 11.8 Å². The molecule has 2 N–H and O–H groups in total. The van der Waals surface area contributed by atoms with Crippen LogP contribution >= 0.6 is 23.1 Å². The molecular weight excluding hydrogens is 492 g/mol. The Kier molecular flexibility index (Phi) is 9.64. The van der Waals surface area contributed by atoms with Crippen LogP contribution in [0.4, 0.5) is 10.7 Å². The Morgan fingerprint density at radius 2 is 1.97 bits per heavy atom. The molecule has 2 amide bonds. The molecule has 1 aliphatic rings. The zero-order chi connectivity index (χ0) is 26.5. The summed E-state index contributed by atoms with van der Waals surface area (Å²) in [5.41, 5.74) is 2.44. The first-order valence-corrected chi connectivity index (χ1v) is 14.3. The van der Waals surface area contributed by atoms with E-state index >= 15 is 0 Å². The van der Waals surface area contributed by atoms with Crippen LogP contribution < -0.4 is 10.6 Å². The van der Waals surface area contributed by atoms with Crippen LogP contribution in [-0.2, 0) is 27.2 Å². The van der Waals surface area contributed by atoms with Crippen molar-refractivity contribution < 1.29 is 19.1 Å². The third-order valence-corrected chi connectivity index (χ3v) is 8.94. The number of carbonyl (C=O) groups excluding carboxylic acids is 3. The standard InChI is InChI=1S/C28H38N2O4S2/c1-7-8-12-23(31)29-19-10-9-11-20(16-19)35-17(2)25(32)30-26-24(27(33)34-6)21-14-13-18(28(3,4)5)15-22(21)36-26/h9-11,16-18H,7-8,12-15H2,1-6H3,(H,29,31)(H,30,32). The third kappa shape index (κ3) is 7.13. The Balaban J connectivity index is 1.72. The number of rotatable bonds is 9. The molecular formula is C28H38N2O4S2. The molecule has 3 rings (SSSR count). The monoisotopic (exact) mass is 530 g/mol. The second-order valence-corrected chi connectivity index (χ2v) is 13.0. The molecule has 8 heteroatoms. The van der Waals surface area contributed by atoms with Gasteiger partial charge in [0.05, 0.1) is 17.9 Å². The summed E-state index contributed by atoms with van der Waals surface area (Å²) in [6.45, 7) is 10.7. The van der Waals surface area contributed by atoms with Crippen molar-refractivity contribution >= 4 is 51.6 Å². The number of unbranched alkanes of at least 4 members (excludes halogenated alkanes) is 1. The first kappa shape index (κ1) is 28.3. The predicted octanol–water partition coefficient (Wildman–Crippen LogP) is 6.93. The van der Waals surface area contributed by atoms with Crippen LogP contribution in [0.2, 0.25) is 0 Å². The molecule has 0 bridgehead atoms. The molecule has 0 fully saturated rings. The highest BCUT2D eigenvalue weighted by atomic mass is 32.2. The summed E-state index contributed by atoms with van der Waals surface area (Å²) in [7, 11) is 1.38. The van der Waals surface area contributed by atoms with Crippen LogP contribution in [0.1, 0.15) is 81.1 Å². The number of esters is 1. The van der Waals surface area contributed by atoms with Crippen molar-refractivity contribution in [2.24, 2.45) is 11.3 Å². The van der Waals surface area contributed by atoms with Gasteiger partial charge < -0.3 is 15.4 Å². The van der Waals surface area contributed by atoms with Crippen LogP contribution in [0.3, 0.4) is 0 Å². The van der Waals surface area contributed by atoms with Crippen LogP contribution in [-0.4, -0.2) is 30.1 Å². The quantitative estimate of drug-likeness (QED) is 0.271. The number of ether oxygens (including phenoxy) is 1. The predicted molar refractivity (Wildman–Crippen MR) is 149 cm³/mol. The summed E-state index contributed by atoms with van der Waals surface area (Å²) in [6.07, 6.45) is 5.06. The average Bonchev–Trinajstić information content (AvgIpc) is 3.18. The Morgan fingerprint density at radius 3 is 2.64 bits per heavy atom. The van der Waals surface area contributed by atoms with Crippen LogP contribution in [0.25, 0.3) is 0 Å². The molecule has 2 atom stereocenters.